The van der Waals surface area contributed by atoms with Crippen molar-refractivity contribution in [1.82, 2.24) is 0 Å². The number of fused-ring (bicyclic) bond motifs is 1. The molecule has 0 aromatic heterocycles. The molecule has 3 heteroatoms. The fourth-order valence-electron chi connectivity index (χ4n) is 3.56. The summed E-state index contributed by atoms with van der Waals surface area (Å²) in [5.41, 5.74) is 8.33. The summed E-state index contributed by atoms with van der Waals surface area (Å²) >= 11 is 0. The molecule has 0 amide bonds. The number of rotatable bonds is 2. The van der Waals surface area contributed by atoms with Gasteiger partial charge in [-0.2, -0.15) is 0 Å². The number of nitrogens with two attached hydrogens (primary N) is 1. The second-order valence-electron chi connectivity index (χ2n) is 7.28. The first-order valence-corrected chi connectivity index (χ1v) is 7.52. The highest BCUT2D eigenvalue weighted by molar-refractivity contribution is 5.40. The fourth-order valence-corrected chi connectivity index (χ4v) is 3.56. The van der Waals surface area contributed by atoms with Crippen LogP contribution in [0.15, 0.2) is 18.2 Å². The summed E-state index contributed by atoms with van der Waals surface area (Å²) in [5, 5.41) is 0. The third-order valence-corrected chi connectivity index (χ3v) is 4.51. The minimum atomic E-state index is -0.251. The van der Waals surface area contributed by atoms with Crippen LogP contribution in [-0.2, 0) is 11.2 Å². The second-order valence-corrected chi connectivity index (χ2v) is 7.28. The summed E-state index contributed by atoms with van der Waals surface area (Å²) in [5.74, 6) is 0.942. The zero-order valence-electron chi connectivity index (χ0n) is 12.9. The van der Waals surface area contributed by atoms with Crippen molar-refractivity contribution in [2.45, 2.75) is 70.3 Å². The van der Waals surface area contributed by atoms with E-state index in [0.29, 0.717) is 0 Å². The first-order valence-electron chi connectivity index (χ1n) is 7.52. The Morgan fingerprint density at radius 1 is 1.25 bits per heavy atom. The van der Waals surface area contributed by atoms with Gasteiger partial charge in [-0.15, -0.1) is 0 Å². The Hall–Kier alpha value is -1.06. The molecule has 2 N–H and O–H groups in total. The van der Waals surface area contributed by atoms with E-state index in [2.05, 4.69) is 39.8 Å². The Bertz CT molecular complexity index is 522. The fraction of sp³-hybridized carbons (Fsp3) is 0.647. The van der Waals surface area contributed by atoms with E-state index in [1.165, 1.54) is 11.1 Å². The molecule has 3 nitrogen and oxygen atoms in total. The molecule has 3 rings (SSSR count). The second kappa shape index (κ2) is 4.47. The van der Waals surface area contributed by atoms with Crippen molar-refractivity contribution in [2.75, 3.05) is 0 Å². The van der Waals surface area contributed by atoms with Crippen LogP contribution in [0.5, 0.6) is 5.75 Å². The molecule has 1 saturated heterocycles. The predicted molar refractivity (Wildman–Crippen MR) is 80.0 cm³/mol. The quantitative estimate of drug-likeness (QED) is 0.900. The van der Waals surface area contributed by atoms with E-state index in [-0.39, 0.29) is 23.3 Å². The zero-order chi connectivity index (χ0) is 14.5. The van der Waals surface area contributed by atoms with E-state index < -0.39 is 0 Å². The van der Waals surface area contributed by atoms with E-state index in [1.807, 2.05) is 6.07 Å². The minimum Gasteiger partial charge on any atom is -0.487 e. The highest BCUT2D eigenvalue weighted by Gasteiger charge is 2.47. The van der Waals surface area contributed by atoms with E-state index in [0.717, 1.165) is 25.0 Å². The SMILES string of the molecule is CC1(C)CC(Oc2ccc3c(c2)CC[C@@H]3N)C(C)(C)O1. The molecular weight excluding hydrogens is 250 g/mol. The van der Waals surface area contributed by atoms with Crippen LogP contribution < -0.4 is 10.5 Å². The Morgan fingerprint density at radius 3 is 2.65 bits per heavy atom. The highest BCUT2D eigenvalue weighted by Crippen LogP contribution is 2.40. The molecule has 110 valence electrons. The highest BCUT2D eigenvalue weighted by atomic mass is 16.6. The Labute approximate surface area is 121 Å². The molecule has 0 spiro atoms. The monoisotopic (exact) mass is 275 g/mol. The van der Waals surface area contributed by atoms with Gasteiger partial charge in [-0.25, -0.2) is 0 Å². The third kappa shape index (κ3) is 2.45. The van der Waals surface area contributed by atoms with Crippen molar-refractivity contribution in [3.8, 4) is 5.75 Å². The van der Waals surface area contributed by atoms with Gasteiger partial charge in [0, 0.05) is 12.5 Å². The van der Waals surface area contributed by atoms with Gasteiger partial charge in [0.2, 0.25) is 0 Å². The van der Waals surface area contributed by atoms with E-state index in [9.17, 15) is 0 Å². The number of ether oxygens (including phenoxy) is 2. The van der Waals surface area contributed by atoms with Crippen LogP contribution in [0.1, 0.15) is 57.7 Å². The standard InChI is InChI=1S/C17H25NO2/c1-16(2)10-15(17(3,4)20-16)19-12-6-7-13-11(9-12)5-8-14(13)18/h6-7,9,14-15H,5,8,10,18H2,1-4H3/t14-,15?/m0/s1. The molecule has 1 unspecified atom stereocenters. The number of hydrogen-bond acceptors (Lipinski definition) is 3. The summed E-state index contributed by atoms with van der Waals surface area (Å²) in [4.78, 5) is 0. The van der Waals surface area contributed by atoms with E-state index >= 15 is 0 Å². The number of aryl methyl sites for hydroxylation is 1. The summed E-state index contributed by atoms with van der Waals surface area (Å²) in [6.45, 7) is 8.46. The molecule has 2 aliphatic rings. The Morgan fingerprint density at radius 2 is 2.00 bits per heavy atom. The van der Waals surface area contributed by atoms with Crippen molar-refractivity contribution in [3.05, 3.63) is 29.3 Å². The van der Waals surface area contributed by atoms with Gasteiger partial charge in [0.05, 0.1) is 5.60 Å². The predicted octanol–water partition coefficient (Wildman–Crippen LogP) is 3.36. The van der Waals surface area contributed by atoms with Crippen LogP contribution in [0.4, 0.5) is 0 Å². The van der Waals surface area contributed by atoms with Crippen molar-refractivity contribution in [2.24, 2.45) is 5.73 Å². The lowest BCUT2D eigenvalue weighted by atomic mass is 9.97. The maximum Gasteiger partial charge on any atom is 0.130 e. The average molecular weight is 275 g/mol. The van der Waals surface area contributed by atoms with Crippen LogP contribution >= 0.6 is 0 Å². The number of benzene rings is 1. The molecule has 0 saturated carbocycles. The van der Waals surface area contributed by atoms with Crippen molar-refractivity contribution in [3.63, 3.8) is 0 Å². The largest absolute Gasteiger partial charge is 0.487 e. The third-order valence-electron chi connectivity index (χ3n) is 4.51. The Kier molecular flexibility index (Phi) is 3.11. The minimum absolute atomic E-state index is 0.0885. The summed E-state index contributed by atoms with van der Waals surface area (Å²) in [6, 6.07) is 6.52. The first-order chi connectivity index (χ1) is 9.27. The normalized spacial score (nSPS) is 30.2. The summed E-state index contributed by atoms with van der Waals surface area (Å²) < 4.78 is 12.3. The van der Waals surface area contributed by atoms with Gasteiger partial charge in [0.1, 0.15) is 17.5 Å². The summed E-state index contributed by atoms with van der Waals surface area (Å²) in [7, 11) is 0. The molecule has 1 aromatic carbocycles. The van der Waals surface area contributed by atoms with Crippen LogP contribution in [0.3, 0.4) is 0 Å². The molecule has 0 radical (unpaired) electrons. The molecule has 1 aliphatic heterocycles. The van der Waals surface area contributed by atoms with Gasteiger partial charge < -0.3 is 15.2 Å². The van der Waals surface area contributed by atoms with Crippen molar-refractivity contribution in [1.29, 1.82) is 0 Å². The first kappa shape index (κ1) is 13.9. The van der Waals surface area contributed by atoms with Crippen LogP contribution in [-0.4, -0.2) is 17.3 Å². The lowest BCUT2D eigenvalue weighted by Crippen LogP contribution is -2.36. The summed E-state index contributed by atoms with van der Waals surface area (Å²) in [6.07, 6.45) is 3.11. The van der Waals surface area contributed by atoms with Crippen molar-refractivity contribution >= 4 is 0 Å². The smallest absolute Gasteiger partial charge is 0.130 e. The van der Waals surface area contributed by atoms with Gasteiger partial charge in [0.15, 0.2) is 0 Å². The van der Waals surface area contributed by atoms with Gasteiger partial charge in [-0.05, 0) is 63.8 Å². The maximum atomic E-state index is 6.22. The lowest BCUT2D eigenvalue weighted by Gasteiger charge is -2.27. The number of hydrogen-bond donors (Lipinski definition) is 1. The van der Waals surface area contributed by atoms with E-state index in [1.54, 1.807) is 0 Å². The molecule has 1 heterocycles. The lowest BCUT2D eigenvalue weighted by molar-refractivity contribution is -0.0846. The zero-order valence-corrected chi connectivity index (χ0v) is 12.9. The van der Waals surface area contributed by atoms with Gasteiger partial charge >= 0.3 is 0 Å². The molecule has 20 heavy (non-hydrogen) atoms. The molecule has 2 atom stereocenters. The molecule has 1 aromatic rings. The van der Waals surface area contributed by atoms with E-state index in [4.69, 9.17) is 15.2 Å². The Balaban J connectivity index is 1.79. The van der Waals surface area contributed by atoms with Crippen LogP contribution in [0.2, 0.25) is 0 Å². The molecular formula is C17H25NO2. The van der Waals surface area contributed by atoms with Gasteiger partial charge in [-0.1, -0.05) is 6.07 Å². The van der Waals surface area contributed by atoms with Crippen LogP contribution in [0, 0.1) is 0 Å². The maximum absolute atomic E-state index is 6.22. The average Bonchev–Trinajstić information content (AvgIpc) is 2.77. The molecule has 0 bridgehead atoms. The molecule has 1 fully saturated rings. The van der Waals surface area contributed by atoms with Gasteiger partial charge in [-0.3, -0.25) is 0 Å². The topological polar surface area (TPSA) is 44.5 Å². The van der Waals surface area contributed by atoms with Crippen molar-refractivity contribution < 1.29 is 9.47 Å². The van der Waals surface area contributed by atoms with Crippen LogP contribution in [0.25, 0.3) is 0 Å². The van der Waals surface area contributed by atoms with Gasteiger partial charge in [0.25, 0.3) is 0 Å². The molecule has 1 aliphatic carbocycles.